The van der Waals surface area contributed by atoms with Crippen molar-refractivity contribution in [3.8, 4) is 0 Å². The van der Waals surface area contributed by atoms with Gasteiger partial charge in [-0.2, -0.15) is 0 Å². The Kier molecular flexibility index (Phi) is 4.32. The maximum atomic E-state index is 13.0. The average Bonchev–Trinajstić information content (AvgIpc) is 2.86. The molecule has 1 aliphatic carbocycles. The van der Waals surface area contributed by atoms with E-state index in [1.807, 2.05) is 0 Å². The van der Waals surface area contributed by atoms with Crippen molar-refractivity contribution in [3.05, 3.63) is 11.1 Å². The van der Waals surface area contributed by atoms with Crippen LogP contribution in [0.1, 0.15) is 38.3 Å². The monoisotopic (exact) mass is 303 g/mol. The predicted octanol–water partition coefficient (Wildman–Crippen LogP) is 3.11. The molecule has 110 valence electrons. The van der Waals surface area contributed by atoms with Gasteiger partial charge in [0.15, 0.2) is 5.13 Å². The molecule has 0 unspecified atom stereocenters. The van der Waals surface area contributed by atoms with Crippen LogP contribution in [0.15, 0.2) is 10.5 Å². The summed E-state index contributed by atoms with van der Waals surface area (Å²) >= 11 is 1.20. The Bertz CT molecular complexity index is 521. The van der Waals surface area contributed by atoms with Gasteiger partial charge in [-0.25, -0.2) is 13.8 Å². The Labute approximate surface area is 118 Å². The topological polar surface area (TPSA) is 74.6 Å². The van der Waals surface area contributed by atoms with Gasteiger partial charge >= 0.3 is 0 Å². The molecule has 8 heteroatoms. The molecule has 0 aliphatic heterocycles. The third kappa shape index (κ3) is 3.50. The summed E-state index contributed by atoms with van der Waals surface area (Å²) in [5.41, 5.74) is 0.821. The second-order valence-electron chi connectivity index (χ2n) is 4.84. The number of aromatic nitrogens is 1. The average molecular weight is 303 g/mol. The minimum Gasteiger partial charge on any atom is -0.411 e. The Balaban J connectivity index is 1.93. The molecule has 1 saturated carbocycles. The number of carbonyl (C=O) groups is 1. The number of thiazole rings is 1. The van der Waals surface area contributed by atoms with Crippen LogP contribution in [0, 0.1) is 5.92 Å². The quantitative estimate of drug-likeness (QED) is 0.512. The number of amides is 1. The van der Waals surface area contributed by atoms with Gasteiger partial charge in [0, 0.05) is 24.1 Å². The molecule has 0 bridgehead atoms. The van der Waals surface area contributed by atoms with Crippen molar-refractivity contribution in [1.29, 1.82) is 0 Å². The number of nitrogens with one attached hydrogen (secondary N) is 1. The number of hydrogen-bond donors (Lipinski definition) is 2. The molecule has 2 N–H and O–H groups in total. The third-order valence-electron chi connectivity index (χ3n) is 3.34. The molecule has 1 aliphatic rings. The molecule has 0 saturated heterocycles. The van der Waals surface area contributed by atoms with Crippen LogP contribution in [0.3, 0.4) is 0 Å². The minimum absolute atomic E-state index is 0.189. The Morgan fingerprint density at radius 2 is 2.20 bits per heavy atom. The fourth-order valence-electron chi connectivity index (χ4n) is 2.06. The summed E-state index contributed by atoms with van der Waals surface area (Å²) in [5.74, 6) is -3.31. The number of rotatable bonds is 3. The van der Waals surface area contributed by atoms with Crippen molar-refractivity contribution in [3.63, 3.8) is 0 Å². The lowest BCUT2D eigenvalue weighted by Gasteiger charge is -2.27. The fourth-order valence-corrected chi connectivity index (χ4v) is 2.82. The standard InChI is InChI=1S/C12H15F2N3O2S/c1-7(17-19)9-6-20-11(15-9)16-10(18)8-2-4-12(13,14)5-3-8/h6,8,19H,2-5H2,1H3,(H,15,16,18). The lowest BCUT2D eigenvalue weighted by Crippen LogP contribution is -2.31. The van der Waals surface area contributed by atoms with Gasteiger partial charge in [-0.1, -0.05) is 5.16 Å². The number of hydrogen-bond acceptors (Lipinski definition) is 5. The highest BCUT2D eigenvalue weighted by molar-refractivity contribution is 7.14. The van der Waals surface area contributed by atoms with E-state index in [9.17, 15) is 13.6 Å². The Hall–Kier alpha value is -1.57. The van der Waals surface area contributed by atoms with Crippen LogP contribution in [-0.4, -0.2) is 27.7 Å². The van der Waals surface area contributed by atoms with E-state index < -0.39 is 11.8 Å². The normalized spacial score (nSPS) is 19.9. The van der Waals surface area contributed by atoms with Gasteiger partial charge in [0.25, 0.3) is 0 Å². The molecule has 2 rings (SSSR count). The molecule has 1 aromatic rings. The van der Waals surface area contributed by atoms with E-state index in [4.69, 9.17) is 5.21 Å². The van der Waals surface area contributed by atoms with Crippen LogP contribution in [0.2, 0.25) is 0 Å². The summed E-state index contributed by atoms with van der Waals surface area (Å²) in [6.07, 6.45) is -0.114. The molecule has 1 amide bonds. The summed E-state index contributed by atoms with van der Waals surface area (Å²) in [4.78, 5) is 16.1. The lowest BCUT2D eigenvalue weighted by atomic mass is 9.86. The van der Waals surface area contributed by atoms with E-state index in [0.29, 0.717) is 16.5 Å². The van der Waals surface area contributed by atoms with Gasteiger partial charge in [0.05, 0.1) is 0 Å². The first-order valence-corrected chi connectivity index (χ1v) is 7.12. The van der Waals surface area contributed by atoms with E-state index in [1.165, 1.54) is 11.3 Å². The number of nitrogens with zero attached hydrogens (tertiary/aromatic N) is 2. The summed E-state index contributed by atoms with van der Waals surface area (Å²) < 4.78 is 26.0. The smallest absolute Gasteiger partial charge is 0.248 e. The van der Waals surface area contributed by atoms with Gasteiger partial charge < -0.3 is 10.5 Å². The first kappa shape index (κ1) is 14.8. The Morgan fingerprint density at radius 3 is 2.80 bits per heavy atom. The first-order valence-electron chi connectivity index (χ1n) is 6.24. The number of halogens is 2. The van der Waals surface area contributed by atoms with E-state index in [-0.39, 0.29) is 31.6 Å². The Morgan fingerprint density at radius 1 is 1.55 bits per heavy atom. The van der Waals surface area contributed by atoms with E-state index in [0.717, 1.165) is 0 Å². The van der Waals surface area contributed by atoms with Gasteiger partial charge in [-0.15, -0.1) is 11.3 Å². The molecule has 1 fully saturated rings. The van der Waals surface area contributed by atoms with E-state index >= 15 is 0 Å². The second-order valence-corrected chi connectivity index (χ2v) is 5.70. The van der Waals surface area contributed by atoms with Gasteiger partial charge in [-0.3, -0.25) is 4.79 Å². The first-order chi connectivity index (χ1) is 9.41. The van der Waals surface area contributed by atoms with Gasteiger partial charge in [-0.05, 0) is 19.8 Å². The van der Waals surface area contributed by atoms with Crippen LogP contribution in [0.4, 0.5) is 13.9 Å². The zero-order valence-corrected chi connectivity index (χ0v) is 11.7. The SMILES string of the molecule is CC(=NO)c1csc(NC(=O)C2CCC(F)(F)CC2)n1. The highest BCUT2D eigenvalue weighted by Crippen LogP contribution is 2.36. The largest absolute Gasteiger partial charge is 0.411 e. The van der Waals surface area contributed by atoms with Crippen LogP contribution in [-0.2, 0) is 4.79 Å². The molecule has 1 aromatic heterocycles. The zero-order chi connectivity index (χ0) is 14.8. The summed E-state index contributed by atoms with van der Waals surface area (Å²) in [6.45, 7) is 1.59. The number of carbonyl (C=O) groups excluding carboxylic acids is 1. The fraction of sp³-hybridized carbons (Fsp3) is 0.583. The van der Waals surface area contributed by atoms with Crippen LogP contribution >= 0.6 is 11.3 Å². The maximum absolute atomic E-state index is 13.0. The number of anilines is 1. The summed E-state index contributed by atoms with van der Waals surface area (Å²) in [5, 5.41) is 16.3. The van der Waals surface area contributed by atoms with Crippen molar-refractivity contribution in [2.75, 3.05) is 5.32 Å². The predicted molar refractivity (Wildman–Crippen MR) is 71.6 cm³/mol. The summed E-state index contributed by atoms with van der Waals surface area (Å²) in [7, 11) is 0. The molecule has 0 atom stereocenters. The highest BCUT2D eigenvalue weighted by atomic mass is 32.1. The zero-order valence-electron chi connectivity index (χ0n) is 10.9. The molecule has 5 nitrogen and oxygen atoms in total. The molecule has 0 aromatic carbocycles. The van der Waals surface area contributed by atoms with E-state index in [1.54, 1.807) is 12.3 Å². The van der Waals surface area contributed by atoms with Gasteiger partial charge in [0.2, 0.25) is 11.8 Å². The second kappa shape index (κ2) is 5.82. The van der Waals surface area contributed by atoms with Crippen LogP contribution in [0.25, 0.3) is 0 Å². The molecule has 0 spiro atoms. The molecule has 20 heavy (non-hydrogen) atoms. The number of alkyl halides is 2. The van der Waals surface area contributed by atoms with Crippen molar-refractivity contribution in [2.24, 2.45) is 11.1 Å². The summed E-state index contributed by atoms with van der Waals surface area (Å²) in [6, 6.07) is 0. The van der Waals surface area contributed by atoms with Crippen molar-refractivity contribution < 1.29 is 18.8 Å². The highest BCUT2D eigenvalue weighted by Gasteiger charge is 2.37. The maximum Gasteiger partial charge on any atom is 0.248 e. The molecular formula is C12H15F2N3O2S. The number of oxime groups is 1. The van der Waals surface area contributed by atoms with Gasteiger partial charge in [0.1, 0.15) is 11.4 Å². The molecular weight excluding hydrogens is 288 g/mol. The van der Waals surface area contributed by atoms with Crippen molar-refractivity contribution >= 4 is 28.1 Å². The van der Waals surface area contributed by atoms with E-state index in [2.05, 4.69) is 15.5 Å². The van der Waals surface area contributed by atoms with Crippen LogP contribution < -0.4 is 5.32 Å². The molecule has 1 heterocycles. The van der Waals surface area contributed by atoms with Crippen molar-refractivity contribution in [1.82, 2.24) is 4.98 Å². The molecule has 0 radical (unpaired) electrons. The minimum atomic E-state index is -2.64. The lowest BCUT2D eigenvalue weighted by molar-refractivity contribution is -0.124. The third-order valence-corrected chi connectivity index (χ3v) is 4.10. The van der Waals surface area contributed by atoms with Crippen LogP contribution in [0.5, 0.6) is 0 Å². The van der Waals surface area contributed by atoms with Crippen molar-refractivity contribution in [2.45, 2.75) is 38.5 Å².